The summed E-state index contributed by atoms with van der Waals surface area (Å²) in [6.45, 7) is 7.12. The molecule has 0 saturated heterocycles. The molecule has 1 fully saturated rings. The summed E-state index contributed by atoms with van der Waals surface area (Å²) >= 11 is 0. The van der Waals surface area contributed by atoms with Gasteiger partial charge in [0.25, 0.3) is 0 Å². The fourth-order valence-electron chi connectivity index (χ4n) is 3.90. The second kappa shape index (κ2) is 11.7. The van der Waals surface area contributed by atoms with Gasteiger partial charge in [0.2, 0.25) is 0 Å². The lowest BCUT2D eigenvalue weighted by Gasteiger charge is -2.23. The molecule has 1 aliphatic rings. The van der Waals surface area contributed by atoms with Gasteiger partial charge in [-0.15, -0.1) is 0 Å². The van der Waals surface area contributed by atoms with Crippen molar-refractivity contribution in [2.24, 2.45) is 5.92 Å². The molecule has 118 valence electrons. The van der Waals surface area contributed by atoms with Crippen molar-refractivity contribution in [1.82, 2.24) is 0 Å². The number of hydrogen-bond donors (Lipinski definition) is 0. The minimum absolute atomic E-state index is 0.895. The quantitative estimate of drug-likeness (QED) is 0.323. The first kappa shape index (κ1) is 18.1. The average Bonchev–Trinajstić information content (AvgIpc) is 2.39. The Morgan fingerprint density at radius 3 is 2.05 bits per heavy atom. The maximum Gasteiger partial charge on any atom is 0.127 e. The van der Waals surface area contributed by atoms with Crippen LogP contribution in [0.25, 0.3) is 0 Å². The third-order valence-corrected chi connectivity index (χ3v) is 5.36. The lowest BCUT2D eigenvalue weighted by molar-refractivity contribution is 0.491. The minimum Gasteiger partial charge on any atom is -0.0658 e. The fraction of sp³-hybridized carbons (Fsp3) is 1.00. The lowest BCUT2D eigenvalue weighted by Crippen LogP contribution is -2.12. The van der Waals surface area contributed by atoms with Crippen molar-refractivity contribution in [2.75, 3.05) is 0 Å². The second-order valence-corrected chi connectivity index (χ2v) is 7.75. The van der Waals surface area contributed by atoms with Gasteiger partial charge in [0.1, 0.15) is 7.28 Å². The summed E-state index contributed by atoms with van der Waals surface area (Å²) in [4.78, 5) is 0. The molecular weight excluding hydrogens is 239 g/mol. The van der Waals surface area contributed by atoms with E-state index >= 15 is 0 Å². The molecule has 1 aliphatic carbocycles. The Bertz CT molecular complexity index is 204. The van der Waals surface area contributed by atoms with Crippen molar-refractivity contribution in [3.63, 3.8) is 0 Å². The molecule has 1 atom stereocenters. The predicted molar refractivity (Wildman–Crippen MR) is 95.2 cm³/mol. The summed E-state index contributed by atoms with van der Waals surface area (Å²) in [7, 11) is 1.54. The van der Waals surface area contributed by atoms with E-state index in [1.165, 1.54) is 83.5 Å². The van der Waals surface area contributed by atoms with Gasteiger partial charge in [0.15, 0.2) is 0 Å². The molecule has 20 heavy (non-hydrogen) atoms. The molecule has 0 heterocycles. The zero-order chi connectivity index (χ0) is 14.6. The van der Waals surface area contributed by atoms with E-state index in [1.54, 1.807) is 7.28 Å². The molecule has 1 unspecified atom stereocenters. The number of rotatable bonds is 9. The summed E-state index contributed by atoms with van der Waals surface area (Å²) in [5, 5.41) is 0. The van der Waals surface area contributed by atoms with E-state index in [9.17, 15) is 0 Å². The Kier molecular flexibility index (Phi) is 10.6. The van der Waals surface area contributed by atoms with Crippen LogP contribution < -0.4 is 0 Å². The maximum absolute atomic E-state index is 2.42. The van der Waals surface area contributed by atoms with E-state index in [-0.39, 0.29) is 0 Å². The van der Waals surface area contributed by atoms with E-state index in [0.29, 0.717) is 0 Å². The molecule has 0 aromatic heterocycles. The van der Waals surface area contributed by atoms with Crippen LogP contribution in [-0.4, -0.2) is 7.28 Å². The van der Waals surface area contributed by atoms with Crippen LogP contribution in [0.5, 0.6) is 0 Å². The van der Waals surface area contributed by atoms with E-state index in [0.717, 1.165) is 17.6 Å². The van der Waals surface area contributed by atoms with Crippen molar-refractivity contribution in [2.45, 2.75) is 116 Å². The Labute approximate surface area is 129 Å². The first-order valence-corrected chi connectivity index (χ1v) is 9.72. The Hall–Kier alpha value is 0.0649. The van der Waals surface area contributed by atoms with E-state index in [1.807, 2.05) is 0 Å². The van der Waals surface area contributed by atoms with Crippen molar-refractivity contribution >= 4 is 7.28 Å². The summed E-state index contributed by atoms with van der Waals surface area (Å²) < 4.78 is 0. The third kappa shape index (κ3) is 9.08. The third-order valence-electron chi connectivity index (χ3n) is 5.36. The van der Waals surface area contributed by atoms with Gasteiger partial charge in [-0.3, -0.25) is 0 Å². The molecule has 0 aromatic rings. The van der Waals surface area contributed by atoms with Gasteiger partial charge in [-0.05, 0) is 5.92 Å². The van der Waals surface area contributed by atoms with Gasteiger partial charge >= 0.3 is 0 Å². The molecule has 0 aliphatic heterocycles. The zero-order valence-corrected chi connectivity index (χ0v) is 14.6. The maximum atomic E-state index is 2.42. The largest absolute Gasteiger partial charge is 0.127 e. The van der Waals surface area contributed by atoms with Gasteiger partial charge in [0, 0.05) is 0 Å². The highest BCUT2D eigenvalue weighted by Gasteiger charge is 2.18. The first-order valence-electron chi connectivity index (χ1n) is 9.72. The van der Waals surface area contributed by atoms with Crippen LogP contribution in [0.2, 0.25) is 11.6 Å². The highest BCUT2D eigenvalue weighted by atomic mass is 14.1. The first-order chi connectivity index (χ1) is 9.72. The smallest absolute Gasteiger partial charge is 0.0658 e. The molecule has 0 bridgehead atoms. The molecule has 1 saturated carbocycles. The van der Waals surface area contributed by atoms with Gasteiger partial charge in [0.05, 0.1) is 0 Å². The standard InChI is InChI=1S/C19H39B/c1-4-18(14-12-8-9-13-17(2)3)20-19-15-10-6-5-7-11-16-19/h17-20H,4-16H2,1-3H3. The van der Waals surface area contributed by atoms with Crippen LogP contribution in [0.3, 0.4) is 0 Å². The SMILES string of the molecule is CCC(BC1CCCCCCC1)CCCCCC(C)C. The van der Waals surface area contributed by atoms with Crippen molar-refractivity contribution < 1.29 is 0 Å². The summed E-state index contributed by atoms with van der Waals surface area (Å²) in [5.41, 5.74) is 0. The zero-order valence-electron chi connectivity index (χ0n) is 14.6. The molecule has 0 nitrogen and oxygen atoms in total. The number of hydrogen-bond acceptors (Lipinski definition) is 0. The molecule has 0 amide bonds. The topological polar surface area (TPSA) is 0 Å². The van der Waals surface area contributed by atoms with Gasteiger partial charge in [-0.25, -0.2) is 0 Å². The average molecular weight is 278 g/mol. The molecule has 1 heteroatoms. The van der Waals surface area contributed by atoms with Crippen LogP contribution in [-0.2, 0) is 0 Å². The van der Waals surface area contributed by atoms with E-state index in [4.69, 9.17) is 0 Å². The molecule has 0 radical (unpaired) electrons. The summed E-state index contributed by atoms with van der Waals surface area (Å²) in [6, 6.07) is 0. The minimum atomic E-state index is 0.895. The Balaban J connectivity index is 2.13. The summed E-state index contributed by atoms with van der Waals surface area (Å²) in [6.07, 6.45) is 19.4. The van der Waals surface area contributed by atoms with Crippen LogP contribution in [0.15, 0.2) is 0 Å². The van der Waals surface area contributed by atoms with Crippen LogP contribution >= 0.6 is 0 Å². The van der Waals surface area contributed by atoms with Gasteiger partial charge < -0.3 is 0 Å². The van der Waals surface area contributed by atoms with E-state index < -0.39 is 0 Å². The Morgan fingerprint density at radius 1 is 0.850 bits per heavy atom. The van der Waals surface area contributed by atoms with Crippen LogP contribution in [0.1, 0.15) is 104 Å². The molecule has 0 spiro atoms. The number of unbranched alkanes of at least 4 members (excludes halogenated alkanes) is 2. The summed E-state index contributed by atoms with van der Waals surface area (Å²) in [5.74, 6) is 2.99. The van der Waals surface area contributed by atoms with E-state index in [2.05, 4.69) is 20.8 Å². The Morgan fingerprint density at radius 2 is 1.45 bits per heavy atom. The molecular formula is C19H39B. The van der Waals surface area contributed by atoms with Gasteiger partial charge in [-0.2, -0.15) is 0 Å². The van der Waals surface area contributed by atoms with Crippen molar-refractivity contribution in [1.29, 1.82) is 0 Å². The van der Waals surface area contributed by atoms with Gasteiger partial charge in [-0.1, -0.05) is 116 Å². The van der Waals surface area contributed by atoms with Crippen molar-refractivity contribution in [3.05, 3.63) is 0 Å². The molecule has 1 rings (SSSR count). The molecule has 0 N–H and O–H groups in total. The highest BCUT2D eigenvalue weighted by molar-refractivity contribution is 6.39. The molecule has 0 aromatic carbocycles. The predicted octanol–water partition coefficient (Wildman–Crippen LogP) is 6.76. The van der Waals surface area contributed by atoms with Crippen LogP contribution in [0, 0.1) is 5.92 Å². The fourth-order valence-corrected chi connectivity index (χ4v) is 3.90. The monoisotopic (exact) mass is 278 g/mol. The van der Waals surface area contributed by atoms with Crippen molar-refractivity contribution in [3.8, 4) is 0 Å². The van der Waals surface area contributed by atoms with Crippen LogP contribution in [0.4, 0.5) is 0 Å². The second-order valence-electron chi connectivity index (χ2n) is 7.75. The highest BCUT2D eigenvalue weighted by Crippen LogP contribution is 2.32. The lowest BCUT2D eigenvalue weighted by atomic mass is 9.50. The normalized spacial score (nSPS) is 19.6.